The van der Waals surface area contributed by atoms with Crippen LogP contribution in [0.4, 0.5) is 0 Å². The van der Waals surface area contributed by atoms with Crippen molar-refractivity contribution >= 4 is 11.3 Å². The van der Waals surface area contributed by atoms with Crippen molar-refractivity contribution in [3.8, 4) is 10.7 Å². The summed E-state index contributed by atoms with van der Waals surface area (Å²) in [6, 6.07) is 3.90. The molecule has 0 radical (unpaired) electrons. The van der Waals surface area contributed by atoms with Gasteiger partial charge in [0.1, 0.15) is 0 Å². The molecule has 4 rings (SSSR count). The molecule has 2 fully saturated rings. The number of rotatable bonds is 3. The zero-order valence-electron chi connectivity index (χ0n) is 10.3. The molecular formula is C13H14N2O3S. The molecule has 3 unspecified atom stereocenters. The molecule has 0 amide bonds. The van der Waals surface area contributed by atoms with E-state index >= 15 is 0 Å². The maximum atomic E-state index is 11.8. The van der Waals surface area contributed by atoms with Crippen LogP contribution < -0.4 is 5.76 Å². The maximum absolute atomic E-state index is 11.8. The topological polar surface area (TPSA) is 57.3 Å². The summed E-state index contributed by atoms with van der Waals surface area (Å²) in [6.07, 6.45) is 4.03. The molecule has 0 N–H and O–H groups in total. The zero-order chi connectivity index (χ0) is 12.8. The van der Waals surface area contributed by atoms with Gasteiger partial charge in [-0.1, -0.05) is 11.2 Å². The van der Waals surface area contributed by atoms with Gasteiger partial charge < -0.3 is 4.74 Å². The van der Waals surface area contributed by atoms with E-state index in [1.165, 1.54) is 0 Å². The summed E-state index contributed by atoms with van der Waals surface area (Å²) >= 11 is 1.56. The monoisotopic (exact) mass is 278 g/mol. The van der Waals surface area contributed by atoms with Gasteiger partial charge in [-0.25, -0.2) is 4.79 Å². The van der Waals surface area contributed by atoms with Gasteiger partial charge in [0.05, 0.1) is 17.1 Å². The molecule has 4 heterocycles. The Bertz CT molecular complexity index is 631. The lowest BCUT2D eigenvalue weighted by atomic mass is 9.89. The van der Waals surface area contributed by atoms with Gasteiger partial charge in [0.25, 0.3) is 0 Å². The summed E-state index contributed by atoms with van der Waals surface area (Å²) < 4.78 is 12.3. The van der Waals surface area contributed by atoms with Crippen LogP contribution in [-0.4, -0.2) is 21.9 Å². The molecule has 2 aliphatic rings. The molecule has 2 aliphatic heterocycles. The fraction of sp³-hybridized carbons (Fsp3) is 0.538. The Morgan fingerprint density at radius 1 is 1.47 bits per heavy atom. The number of hydrogen-bond donors (Lipinski definition) is 0. The first-order valence-electron chi connectivity index (χ1n) is 6.57. The fourth-order valence-corrected chi connectivity index (χ4v) is 3.90. The molecule has 2 bridgehead atoms. The largest absolute Gasteiger partial charge is 0.441 e. The van der Waals surface area contributed by atoms with Crippen LogP contribution in [-0.2, 0) is 11.3 Å². The van der Waals surface area contributed by atoms with Crippen molar-refractivity contribution in [3.63, 3.8) is 0 Å². The SMILES string of the molecule is O=c1onc(-c2cccs2)n1CC1CC2CCC1O2. The van der Waals surface area contributed by atoms with Gasteiger partial charge >= 0.3 is 5.76 Å². The van der Waals surface area contributed by atoms with Crippen molar-refractivity contribution in [3.05, 3.63) is 28.1 Å². The quantitative estimate of drug-likeness (QED) is 0.863. The van der Waals surface area contributed by atoms with E-state index < -0.39 is 0 Å². The molecule has 19 heavy (non-hydrogen) atoms. The fourth-order valence-electron chi connectivity index (χ4n) is 3.18. The van der Waals surface area contributed by atoms with E-state index in [9.17, 15) is 4.79 Å². The van der Waals surface area contributed by atoms with Crippen LogP contribution in [0.25, 0.3) is 10.7 Å². The second-order valence-electron chi connectivity index (χ2n) is 5.23. The van der Waals surface area contributed by atoms with Crippen LogP contribution in [0, 0.1) is 5.92 Å². The van der Waals surface area contributed by atoms with Gasteiger partial charge in [0.15, 0.2) is 5.82 Å². The molecule has 0 spiro atoms. The average Bonchev–Trinajstić information content (AvgIpc) is 3.14. The van der Waals surface area contributed by atoms with Crippen LogP contribution in [0.2, 0.25) is 0 Å². The van der Waals surface area contributed by atoms with Crippen molar-refractivity contribution in [1.29, 1.82) is 0 Å². The van der Waals surface area contributed by atoms with Gasteiger partial charge in [-0.2, -0.15) is 0 Å². The minimum Gasteiger partial charge on any atom is -0.375 e. The summed E-state index contributed by atoms with van der Waals surface area (Å²) in [4.78, 5) is 12.8. The van der Waals surface area contributed by atoms with Gasteiger partial charge in [-0.3, -0.25) is 9.09 Å². The van der Waals surface area contributed by atoms with Gasteiger partial charge in [0.2, 0.25) is 0 Å². The molecule has 2 saturated heterocycles. The molecule has 0 aliphatic carbocycles. The van der Waals surface area contributed by atoms with Crippen molar-refractivity contribution in [1.82, 2.24) is 9.72 Å². The number of thiophene rings is 1. The Hall–Kier alpha value is -1.40. The third kappa shape index (κ3) is 1.86. The highest BCUT2D eigenvalue weighted by Gasteiger charge is 2.41. The highest BCUT2D eigenvalue weighted by atomic mass is 32.1. The van der Waals surface area contributed by atoms with Crippen molar-refractivity contribution in [2.24, 2.45) is 5.92 Å². The number of ether oxygens (including phenoxy) is 1. The second kappa shape index (κ2) is 4.31. The number of hydrogen-bond acceptors (Lipinski definition) is 5. The van der Waals surface area contributed by atoms with E-state index in [0.717, 1.165) is 24.1 Å². The van der Waals surface area contributed by atoms with Crippen molar-refractivity contribution in [2.75, 3.05) is 0 Å². The van der Waals surface area contributed by atoms with E-state index in [0.29, 0.717) is 30.5 Å². The Kier molecular flexibility index (Phi) is 2.60. The smallest absolute Gasteiger partial charge is 0.375 e. The number of aromatic nitrogens is 2. The third-order valence-electron chi connectivity index (χ3n) is 4.08. The Labute approximate surface area is 113 Å². The predicted octanol–water partition coefficient (Wildman–Crippen LogP) is 2.13. The highest BCUT2D eigenvalue weighted by Crippen LogP contribution is 2.39. The summed E-state index contributed by atoms with van der Waals surface area (Å²) in [5.74, 6) is 0.684. The van der Waals surface area contributed by atoms with E-state index in [-0.39, 0.29) is 5.76 Å². The molecule has 0 saturated carbocycles. The highest BCUT2D eigenvalue weighted by molar-refractivity contribution is 7.13. The standard InChI is InChI=1S/C13H14N2O3S/c16-13-15(7-8-6-9-3-4-10(8)17-9)12(14-18-13)11-2-1-5-19-11/h1-2,5,8-10H,3-4,6-7H2. The van der Waals surface area contributed by atoms with E-state index in [1.54, 1.807) is 15.9 Å². The number of nitrogens with zero attached hydrogens (tertiary/aromatic N) is 2. The summed E-state index contributed by atoms with van der Waals surface area (Å²) in [5.41, 5.74) is 0. The van der Waals surface area contributed by atoms with Crippen molar-refractivity contribution < 1.29 is 9.26 Å². The zero-order valence-corrected chi connectivity index (χ0v) is 11.1. The lowest BCUT2D eigenvalue weighted by molar-refractivity contribution is 0.0896. The predicted molar refractivity (Wildman–Crippen MR) is 70.1 cm³/mol. The summed E-state index contributed by atoms with van der Waals surface area (Å²) in [5, 5.41) is 5.88. The third-order valence-corrected chi connectivity index (χ3v) is 4.94. The first kappa shape index (κ1) is 11.4. The van der Waals surface area contributed by atoms with Crippen LogP contribution >= 0.6 is 11.3 Å². The van der Waals surface area contributed by atoms with E-state index in [2.05, 4.69) is 5.16 Å². The van der Waals surface area contributed by atoms with E-state index in [4.69, 9.17) is 9.26 Å². The summed E-state index contributed by atoms with van der Waals surface area (Å²) in [7, 11) is 0. The molecule has 6 heteroatoms. The normalized spacial score (nSPS) is 29.2. The Balaban J connectivity index is 1.64. The molecule has 2 aromatic heterocycles. The molecule has 3 atom stereocenters. The minimum atomic E-state index is -0.369. The first-order valence-corrected chi connectivity index (χ1v) is 7.45. The van der Waals surface area contributed by atoms with Gasteiger partial charge in [-0.05, 0) is 30.7 Å². The molecular weight excluding hydrogens is 264 g/mol. The van der Waals surface area contributed by atoms with Crippen LogP contribution in [0.1, 0.15) is 19.3 Å². The second-order valence-corrected chi connectivity index (χ2v) is 6.18. The van der Waals surface area contributed by atoms with Crippen LogP contribution in [0.15, 0.2) is 26.8 Å². The average molecular weight is 278 g/mol. The molecule has 0 aromatic carbocycles. The van der Waals surface area contributed by atoms with Crippen LogP contribution in [0.3, 0.4) is 0 Å². The Morgan fingerprint density at radius 2 is 2.42 bits per heavy atom. The van der Waals surface area contributed by atoms with Crippen LogP contribution in [0.5, 0.6) is 0 Å². The first-order chi connectivity index (χ1) is 9.31. The lowest BCUT2D eigenvalue weighted by Gasteiger charge is -2.18. The lowest BCUT2D eigenvalue weighted by Crippen LogP contribution is -2.26. The number of fused-ring (bicyclic) bond motifs is 2. The van der Waals surface area contributed by atoms with Gasteiger partial charge in [-0.15, -0.1) is 11.3 Å². The summed E-state index contributed by atoms with van der Waals surface area (Å²) in [6.45, 7) is 0.650. The molecule has 2 aromatic rings. The minimum absolute atomic E-state index is 0.308. The maximum Gasteiger partial charge on any atom is 0.441 e. The van der Waals surface area contributed by atoms with Gasteiger partial charge in [0, 0.05) is 12.5 Å². The van der Waals surface area contributed by atoms with E-state index in [1.807, 2.05) is 17.5 Å². The van der Waals surface area contributed by atoms with Crippen molar-refractivity contribution in [2.45, 2.75) is 38.0 Å². The Morgan fingerprint density at radius 3 is 3.11 bits per heavy atom. The molecule has 100 valence electrons. The molecule has 5 nitrogen and oxygen atoms in total.